The van der Waals surface area contributed by atoms with Gasteiger partial charge >= 0.3 is 6.18 Å². The Bertz CT molecular complexity index is 1670. The predicted octanol–water partition coefficient (Wildman–Crippen LogP) is 6.50. The van der Waals surface area contributed by atoms with Crippen molar-refractivity contribution in [2.24, 2.45) is 10.7 Å². The molecule has 2 aromatic carbocycles. The maximum absolute atomic E-state index is 14.6. The number of carbonyl (C=O) groups excluding carboxylic acids is 1. The summed E-state index contributed by atoms with van der Waals surface area (Å²) in [4.78, 5) is 17.7. The molecule has 240 valence electrons. The van der Waals surface area contributed by atoms with Crippen LogP contribution in [0.5, 0.6) is 0 Å². The average Bonchev–Trinajstić information content (AvgIpc) is 3.31. The lowest BCUT2D eigenvalue weighted by Gasteiger charge is -2.24. The molecule has 0 fully saturated rings. The van der Waals surface area contributed by atoms with Crippen LogP contribution in [0.1, 0.15) is 66.2 Å². The van der Waals surface area contributed by atoms with Crippen LogP contribution in [-0.4, -0.2) is 27.7 Å². The van der Waals surface area contributed by atoms with Crippen LogP contribution in [0.4, 0.5) is 35.1 Å². The van der Waals surface area contributed by atoms with Gasteiger partial charge in [-0.05, 0) is 55.2 Å². The summed E-state index contributed by atoms with van der Waals surface area (Å²) >= 11 is 0. The molecule has 1 aromatic heterocycles. The number of carbonyl (C=O) groups is 1. The molecule has 0 radical (unpaired) electrons. The number of benzene rings is 2. The van der Waals surface area contributed by atoms with E-state index in [9.17, 15) is 39.9 Å². The van der Waals surface area contributed by atoms with Gasteiger partial charge in [0.25, 0.3) is 5.92 Å². The van der Waals surface area contributed by atoms with Gasteiger partial charge in [-0.2, -0.15) is 18.3 Å². The van der Waals surface area contributed by atoms with E-state index in [0.29, 0.717) is 16.3 Å². The summed E-state index contributed by atoms with van der Waals surface area (Å²) in [6.07, 6.45) is -5.29. The molecule has 7 nitrogen and oxygen atoms in total. The van der Waals surface area contributed by atoms with Crippen LogP contribution in [0.25, 0.3) is 0 Å². The van der Waals surface area contributed by atoms with E-state index < -0.39 is 77.1 Å². The number of nitrogen functional groups attached to an aromatic ring is 1. The third-order valence-electron chi connectivity index (χ3n) is 7.25. The number of hydrogen-bond donors (Lipinski definition) is 3. The van der Waals surface area contributed by atoms with Crippen molar-refractivity contribution in [2.75, 3.05) is 0 Å². The monoisotopic (exact) mass is 640 g/mol. The van der Waals surface area contributed by atoms with E-state index in [1.165, 1.54) is 25.3 Å². The number of fused-ring (bicyclic) bond motifs is 1. The topological polar surface area (TPSA) is 109 Å². The minimum absolute atomic E-state index is 0.0355. The highest BCUT2D eigenvalue weighted by Gasteiger charge is 2.49. The van der Waals surface area contributed by atoms with Crippen LogP contribution >= 0.6 is 0 Å². The van der Waals surface area contributed by atoms with Gasteiger partial charge in [0.2, 0.25) is 5.91 Å². The largest absolute Gasteiger partial charge is 0.435 e. The Morgan fingerprint density at radius 2 is 1.84 bits per heavy atom. The fourth-order valence-electron chi connectivity index (χ4n) is 5.29. The summed E-state index contributed by atoms with van der Waals surface area (Å²) in [5.74, 6) is -8.70. The lowest BCUT2D eigenvalue weighted by molar-refractivity contribution is -0.146. The lowest BCUT2D eigenvalue weighted by atomic mass is 9.91. The third kappa shape index (κ3) is 7.40. The van der Waals surface area contributed by atoms with Crippen molar-refractivity contribution < 1.29 is 39.9 Å². The van der Waals surface area contributed by atoms with Gasteiger partial charge in [0, 0.05) is 42.4 Å². The predicted molar refractivity (Wildman–Crippen MR) is 149 cm³/mol. The van der Waals surface area contributed by atoms with Crippen LogP contribution in [-0.2, 0) is 36.3 Å². The number of hydrogen-bond acceptors (Lipinski definition) is 4. The zero-order valence-electron chi connectivity index (χ0n) is 24.0. The highest BCUT2D eigenvalue weighted by molar-refractivity contribution is 5.95. The summed E-state index contributed by atoms with van der Waals surface area (Å²) in [6, 6.07) is 6.39. The van der Waals surface area contributed by atoms with E-state index in [2.05, 4.69) is 15.4 Å². The molecule has 0 aliphatic heterocycles. The number of aliphatic imine (C=N–C) groups is 1. The van der Waals surface area contributed by atoms with E-state index in [1.54, 1.807) is 6.92 Å². The molecular formula is C30H28F8N6O. The minimum atomic E-state index is -5.20. The fraction of sp³-hybridized carbons (Fsp3) is 0.333. The summed E-state index contributed by atoms with van der Waals surface area (Å²) < 4.78 is 113. The zero-order chi connectivity index (χ0) is 33.3. The van der Waals surface area contributed by atoms with Crippen LogP contribution in [0.2, 0.25) is 0 Å². The zero-order valence-corrected chi connectivity index (χ0v) is 24.0. The standard InChI is InChI=1S/C30H28F8N6O/c1-3-41-26(15(2)17-6-7-21(33)20(12-17)28(39)40)22(11-16-9-18(31)13-19(32)10-16)42-24(45)14-44-23-5-4-8-29(34,35)25(23)27(43-44)30(36,37)38/h3,6-7,9-10,12-13,15H,4-5,8,11,14H2,1-2H3,(H3,39,40)(H,42,45)/b26-22-,41-3?. The summed E-state index contributed by atoms with van der Waals surface area (Å²) in [7, 11) is 0. The molecule has 0 spiro atoms. The Hall–Kier alpha value is -4.56. The van der Waals surface area contributed by atoms with Crippen LogP contribution < -0.4 is 11.1 Å². The number of allylic oxidation sites excluding steroid dienone is 2. The highest BCUT2D eigenvalue weighted by Crippen LogP contribution is 2.46. The van der Waals surface area contributed by atoms with Crippen molar-refractivity contribution in [3.05, 3.63) is 98.9 Å². The van der Waals surface area contributed by atoms with Crippen molar-refractivity contribution in [3.63, 3.8) is 0 Å². The molecule has 0 saturated heterocycles. The van der Waals surface area contributed by atoms with Crippen molar-refractivity contribution in [2.45, 2.75) is 64.1 Å². The van der Waals surface area contributed by atoms with Gasteiger partial charge in [0.1, 0.15) is 29.8 Å². The number of amides is 1. The molecular weight excluding hydrogens is 612 g/mol. The number of alkyl halides is 5. The first kappa shape index (κ1) is 33.3. The van der Waals surface area contributed by atoms with Gasteiger partial charge in [0.15, 0.2) is 5.69 Å². The lowest BCUT2D eigenvalue weighted by Crippen LogP contribution is -2.31. The van der Waals surface area contributed by atoms with E-state index in [-0.39, 0.29) is 41.8 Å². The van der Waals surface area contributed by atoms with Crippen LogP contribution in [0.3, 0.4) is 0 Å². The SMILES string of the molecule is CC=N/C(=C(/Cc1cc(F)cc(F)c1)NC(=O)Cn1nc(C(F)(F)F)c2c1CCCC2(F)F)C(C)c1ccc(F)c(C(=N)N)c1. The van der Waals surface area contributed by atoms with E-state index >= 15 is 0 Å². The fourth-order valence-corrected chi connectivity index (χ4v) is 5.29. The Morgan fingerprint density at radius 1 is 1.18 bits per heavy atom. The van der Waals surface area contributed by atoms with Gasteiger partial charge in [-0.25, -0.2) is 22.0 Å². The second kappa shape index (κ2) is 12.8. The first-order chi connectivity index (χ1) is 21.0. The molecule has 1 atom stereocenters. The molecule has 45 heavy (non-hydrogen) atoms. The summed E-state index contributed by atoms with van der Waals surface area (Å²) in [6.45, 7) is 2.26. The van der Waals surface area contributed by atoms with E-state index in [1.807, 2.05) is 0 Å². The third-order valence-corrected chi connectivity index (χ3v) is 7.25. The van der Waals surface area contributed by atoms with Crippen LogP contribution in [0.15, 0.2) is 52.8 Å². The molecule has 4 rings (SSSR count). The van der Waals surface area contributed by atoms with Crippen molar-refractivity contribution in [1.82, 2.24) is 15.1 Å². The van der Waals surface area contributed by atoms with Gasteiger partial charge in [-0.15, -0.1) is 0 Å². The van der Waals surface area contributed by atoms with Gasteiger partial charge in [-0.1, -0.05) is 13.0 Å². The Balaban J connectivity index is 1.79. The van der Waals surface area contributed by atoms with E-state index in [0.717, 1.165) is 18.2 Å². The maximum Gasteiger partial charge on any atom is 0.435 e. The number of amidine groups is 1. The Morgan fingerprint density at radius 3 is 2.44 bits per heavy atom. The molecule has 1 unspecified atom stereocenters. The van der Waals surface area contributed by atoms with Crippen molar-refractivity contribution >= 4 is 18.0 Å². The number of halogens is 8. The Kier molecular flexibility index (Phi) is 9.49. The molecule has 1 aliphatic carbocycles. The van der Waals surface area contributed by atoms with Gasteiger partial charge in [0.05, 0.1) is 16.8 Å². The molecule has 1 amide bonds. The summed E-state index contributed by atoms with van der Waals surface area (Å²) in [5.41, 5.74) is 2.34. The first-order valence-electron chi connectivity index (χ1n) is 13.7. The molecule has 1 heterocycles. The number of nitrogens with two attached hydrogens (primary N) is 1. The quantitative estimate of drug-likeness (QED) is 0.141. The molecule has 15 heteroatoms. The second-order valence-corrected chi connectivity index (χ2v) is 10.5. The normalized spacial score (nSPS) is 15.9. The average molecular weight is 641 g/mol. The number of rotatable bonds is 9. The second-order valence-electron chi connectivity index (χ2n) is 10.5. The number of aromatic nitrogens is 2. The Labute approximate surface area is 252 Å². The molecule has 0 bridgehead atoms. The summed E-state index contributed by atoms with van der Waals surface area (Å²) in [5, 5.41) is 13.5. The number of nitrogens with one attached hydrogen (secondary N) is 2. The van der Waals surface area contributed by atoms with Crippen molar-refractivity contribution in [3.8, 4) is 0 Å². The molecule has 0 saturated carbocycles. The first-order valence-corrected chi connectivity index (χ1v) is 13.7. The molecule has 1 aliphatic rings. The van der Waals surface area contributed by atoms with Gasteiger partial charge < -0.3 is 11.1 Å². The highest BCUT2D eigenvalue weighted by atomic mass is 19.4. The van der Waals surface area contributed by atoms with Crippen LogP contribution in [0, 0.1) is 22.9 Å². The van der Waals surface area contributed by atoms with E-state index in [4.69, 9.17) is 11.1 Å². The minimum Gasteiger partial charge on any atom is -0.384 e. The maximum atomic E-state index is 14.6. The van der Waals surface area contributed by atoms with Crippen molar-refractivity contribution in [1.29, 1.82) is 5.41 Å². The molecule has 3 aromatic rings. The molecule has 4 N–H and O–H groups in total. The smallest absolute Gasteiger partial charge is 0.384 e. The number of nitrogens with zero attached hydrogens (tertiary/aromatic N) is 3. The van der Waals surface area contributed by atoms with Gasteiger partial charge in [-0.3, -0.25) is 19.9 Å².